The number of hydrogen-bond donors (Lipinski definition) is 1. The summed E-state index contributed by atoms with van der Waals surface area (Å²) in [5.74, 6) is 0.610. The van der Waals surface area contributed by atoms with E-state index >= 15 is 0 Å². The summed E-state index contributed by atoms with van der Waals surface area (Å²) in [5.41, 5.74) is 1.10. The van der Waals surface area contributed by atoms with Gasteiger partial charge in [-0.2, -0.15) is 0 Å². The van der Waals surface area contributed by atoms with Gasteiger partial charge in [0.2, 0.25) is 0 Å². The summed E-state index contributed by atoms with van der Waals surface area (Å²) in [7, 11) is 0. The summed E-state index contributed by atoms with van der Waals surface area (Å²) in [6.45, 7) is 2.36. The minimum absolute atomic E-state index is 0.114. The average Bonchev–Trinajstić information content (AvgIpc) is 2.66. The number of nitrogens with one attached hydrogen (secondary N) is 1. The van der Waals surface area contributed by atoms with Gasteiger partial charge in [-0.1, -0.05) is 66.2 Å². The number of ether oxygens (including phenoxy) is 1. The predicted molar refractivity (Wildman–Crippen MR) is 107 cm³/mol. The molecule has 3 aromatic carbocycles. The van der Waals surface area contributed by atoms with Gasteiger partial charge in [-0.25, -0.2) is 0 Å². The minimum atomic E-state index is -0.555. The SMILES string of the molecule is C[C@H](Oc1cccc2ccccc12)C(=O)NCCCc1ccccc1Cl. The third kappa shape index (κ3) is 4.55. The number of carbonyl (C=O) groups is 1. The second-order valence-electron chi connectivity index (χ2n) is 6.22. The molecule has 1 amide bonds. The van der Waals surface area contributed by atoms with Gasteiger partial charge in [-0.3, -0.25) is 4.79 Å². The fourth-order valence-corrected chi connectivity index (χ4v) is 3.11. The zero-order chi connectivity index (χ0) is 18.4. The van der Waals surface area contributed by atoms with Crippen molar-refractivity contribution in [1.82, 2.24) is 5.32 Å². The molecule has 3 rings (SSSR count). The summed E-state index contributed by atoms with van der Waals surface area (Å²) in [5, 5.41) is 5.81. The quantitative estimate of drug-likeness (QED) is 0.596. The maximum Gasteiger partial charge on any atom is 0.260 e. The van der Waals surface area contributed by atoms with E-state index in [0.717, 1.165) is 39.9 Å². The Bertz CT molecular complexity index is 889. The molecule has 0 unspecified atom stereocenters. The molecule has 0 bridgehead atoms. The van der Waals surface area contributed by atoms with Crippen LogP contribution >= 0.6 is 11.6 Å². The number of fused-ring (bicyclic) bond motifs is 1. The molecule has 0 aromatic heterocycles. The zero-order valence-electron chi connectivity index (χ0n) is 14.7. The number of amides is 1. The van der Waals surface area contributed by atoms with Gasteiger partial charge in [0.25, 0.3) is 5.91 Å². The van der Waals surface area contributed by atoms with Crippen LogP contribution in [-0.4, -0.2) is 18.6 Å². The maximum absolute atomic E-state index is 12.3. The standard InChI is InChI=1S/C22H22ClNO2/c1-16(26-21-14-6-10-17-8-2-4-12-19(17)21)22(25)24-15-7-11-18-9-3-5-13-20(18)23/h2-6,8-10,12-14,16H,7,11,15H2,1H3,(H,24,25)/t16-/m0/s1. The molecule has 0 saturated carbocycles. The molecule has 134 valence electrons. The van der Waals surface area contributed by atoms with Crippen molar-refractivity contribution in [3.8, 4) is 5.75 Å². The Kier molecular flexibility index (Phi) is 6.13. The Labute approximate surface area is 158 Å². The van der Waals surface area contributed by atoms with E-state index in [2.05, 4.69) is 5.32 Å². The molecule has 0 aliphatic heterocycles. The Morgan fingerprint density at radius 2 is 1.77 bits per heavy atom. The Hall–Kier alpha value is -2.52. The van der Waals surface area contributed by atoms with E-state index in [1.54, 1.807) is 6.92 Å². The fraction of sp³-hybridized carbons (Fsp3) is 0.227. The van der Waals surface area contributed by atoms with E-state index in [1.165, 1.54) is 0 Å². The molecule has 0 aliphatic carbocycles. The first-order valence-electron chi connectivity index (χ1n) is 8.80. The highest BCUT2D eigenvalue weighted by molar-refractivity contribution is 6.31. The van der Waals surface area contributed by atoms with Crippen LogP contribution in [0.25, 0.3) is 10.8 Å². The van der Waals surface area contributed by atoms with Crippen LogP contribution in [0.4, 0.5) is 0 Å². The van der Waals surface area contributed by atoms with Crippen LogP contribution in [0.3, 0.4) is 0 Å². The number of aryl methyl sites for hydroxylation is 1. The van der Waals surface area contributed by atoms with Gasteiger partial charge < -0.3 is 10.1 Å². The topological polar surface area (TPSA) is 38.3 Å². The third-order valence-electron chi connectivity index (χ3n) is 4.30. The van der Waals surface area contributed by atoms with Crippen LogP contribution in [0, 0.1) is 0 Å². The first kappa shape index (κ1) is 18.3. The summed E-state index contributed by atoms with van der Waals surface area (Å²) < 4.78 is 5.89. The van der Waals surface area contributed by atoms with Crippen molar-refractivity contribution >= 4 is 28.3 Å². The van der Waals surface area contributed by atoms with E-state index in [4.69, 9.17) is 16.3 Å². The van der Waals surface area contributed by atoms with E-state index in [0.29, 0.717) is 6.54 Å². The van der Waals surface area contributed by atoms with Crippen molar-refractivity contribution in [2.24, 2.45) is 0 Å². The predicted octanol–water partition coefficient (Wildman–Crippen LogP) is 5.01. The molecule has 0 spiro atoms. The van der Waals surface area contributed by atoms with Gasteiger partial charge in [0, 0.05) is 17.0 Å². The summed E-state index contributed by atoms with van der Waals surface area (Å²) in [4.78, 5) is 12.3. The van der Waals surface area contributed by atoms with Crippen LogP contribution in [0.15, 0.2) is 66.7 Å². The molecule has 26 heavy (non-hydrogen) atoms. The molecule has 4 heteroatoms. The first-order chi connectivity index (χ1) is 12.6. The third-order valence-corrected chi connectivity index (χ3v) is 4.67. The minimum Gasteiger partial charge on any atom is -0.480 e. The number of rotatable bonds is 7. The Balaban J connectivity index is 1.51. The second-order valence-corrected chi connectivity index (χ2v) is 6.63. The molecule has 1 N–H and O–H groups in total. The normalized spacial score (nSPS) is 11.9. The van der Waals surface area contributed by atoms with Gasteiger partial charge >= 0.3 is 0 Å². The van der Waals surface area contributed by atoms with Crippen LogP contribution in [-0.2, 0) is 11.2 Å². The molecule has 3 aromatic rings. The fourth-order valence-electron chi connectivity index (χ4n) is 2.88. The van der Waals surface area contributed by atoms with Crippen LogP contribution in [0.1, 0.15) is 18.9 Å². The zero-order valence-corrected chi connectivity index (χ0v) is 15.5. The van der Waals surface area contributed by atoms with Crippen molar-refractivity contribution in [1.29, 1.82) is 0 Å². The van der Waals surface area contributed by atoms with Gasteiger partial charge in [-0.15, -0.1) is 0 Å². The van der Waals surface area contributed by atoms with E-state index < -0.39 is 6.10 Å². The largest absolute Gasteiger partial charge is 0.480 e. The van der Waals surface area contributed by atoms with E-state index in [-0.39, 0.29) is 5.91 Å². The number of carbonyl (C=O) groups excluding carboxylic acids is 1. The van der Waals surface area contributed by atoms with E-state index in [9.17, 15) is 4.79 Å². The van der Waals surface area contributed by atoms with Crippen LogP contribution in [0.5, 0.6) is 5.75 Å². The molecule has 0 saturated heterocycles. The lowest BCUT2D eigenvalue weighted by molar-refractivity contribution is -0.127. The molecule has 0 fully saturated rings. The highest BCUT2D eigenvalue weighted by Crippen LogP contribution is 2.26. The highest BCUT2D eigenvalue weighted by atomic mass is 35.5. The monoisotopic (exact) mass is 367 g/mol. The summed E-state index contributed by atoms with van der Waals surface area (Å²) in [6, 6.07) is 21.6. The second kappa shape index (κ2) is 8.72. The Morgan fingerprint density at radius 1 is 1.04 bits per heavy atom. The molecular formula is C22H22ClNO2. The van der Waals surface area contributed by atoms with Gasteiger partial charge in [0.1, 0.15) is 5.75 Å². The maximum atomic E-state index is 12.3. The van der Waals surface area contributed by atoms with E-state index in [1.807, 2.05) is 66.7 Å². The van der Waals surface area contributed by atoms with Crippen LogP contribution in [0.2, 0.25) is 5.02 Å². The molecule has 0 radical (unpaired) electrons. The Morgan fingerprint density at radius 3 is 2.62 bits per heavy atom. The molecule has 0 aliphatic rings. The molecule has 0 heterocycles. The van der Waals surface area contributed by atoms with Crippen molar-refractivity contribution in [3.05, 3.63) is 77.3 Å². The van der Waals surface area contributed by atoms with Gasteiger partial charge in [0.05, 0.1) is 0 Å². The number of benzene rings is 3. The smallest absolute Gasteiger partial charge is 0.260 e. The van der Waals surface area contributed by atoms with Crippen molar-refractivity contribution in [2.75, 3.05) is 6.54 Å². The average molecular weight is 368 g/mol. The molecule has 3 nitrogen and oxygen atoms in total. The van der Waals surface area contributed by atoms with Crippen LogP contribution < -0.4 is 10.1 Å². The summed E-state index contributed by atoms with van der Waals surface area (Å²) >= 11 is 6.15. The molecule has 1 atom stereocenters. The van der Waals surface area contributed by atoms with Gasteiger partial charge in [0.15, 0.2) is 6.10 Å². The van der Waals surface area contributed by atoms with Crippen molar-refractivity contribution in [3.63, 3.8) is 0 Å². The van der Waals surface area contributed by atoms with Gasteiger partial charge in [-0.05, 0) is 42.8 Å². The lowest BCUT2D eigenvalue weighted by Crippen LogP contribution is -2.37. The lowest BCUT2D eigenvalue weighted by Gasteiger charge is -2.16. The molecular weight excluding hydrogens is 346 g/mol. The highest BCUT2D eigenvalue weighted by Gasteiger charge is 2.15. The lowest BCUT2D eigenvalue weighted by atomic mass is 10.1. The summed E-state index contributed by atoms with van der Waals surface area (Å²) in [6.07, 6.45) is 1.11. The van der Waals surface area contributed by atoms with Crippen molar-refractivity contribution < 1.29 is 9.53 Å². The number of hydrogen-bond acceptors (Lipinski definition) is 2. The number of halogens is 1. The van der Waals surface area contributed by atoms with Crippen molar-refractivity contribution in [2.45, 2.75) is 25.9 Å². The first-order valence-corrected chi connectivity index (χ1v) is 9.18.